The van der Waals surface area contributed by atoms with Crippen LogP contribution in [0.2, 0.25) is 5.02 Å². The fourth-order valence-corrected chi connectivity index (χ4v) is 8.43. The average Bonchev–Trinajstić information content (AvgIpc) is 3.56. The van der Waals surface area contributed by atoms with Crippen molar-refractivity contribution in [2.75, 3.05) is 77.8 Å². The van der Waals surface area contributed by atoms with E-state index in [1.165, 1.54) is 17.3 Å². The van der Waals surface area contributed by atoms with Crippen LogP contribution in [0.3, 0.4) is 0 Å². The lowest BCUT2D eigenvalue weighted by Gasteiger charge is -2.37. The molecule has 0 spiro atoms. The molecular weight excluding hydrogens is 826 g/mol. The number of hydrogen-bond acceptors (Lipinski definition) is 11. The van der Waals surface area contributed by atoms with Gasteiger partial charge in [-0.25, -0.2) is 4.79 Å². The highest BCUT2D eigenvalue weighted by molar-refractivity contribution is 6.30. The molecule has 4 heterocycles. The number of carbonyl (C=O) groups excluding carboxylic acids is 3. The lowest BCUT2D eigenvalue weighted by atomic mass is 9.90. The third-order valence-corrected chi connectivity index (χ3v) is 11.6. The molecule has 2 amide bonds. The quantitative estimate of drug-likeness (QED) is 0.0388. The van der Waals surface area contributed by atoms with Crippen molar-refractivity contribution in [1.82, 2.24) is 15.2 Å². The number of hydrogen-bond donors (Lipinski definition) is 2. The largest absolute Gasteiger partial charge is 0.497 e. The van der Waals surface area contributed by atoms with E-state index < -0.39 is 11.5 Å². The van der Waals surface area contributed by atoms with E-state index in [1.54, 1.807) is 48.1 Å². The molecule has 0 fully saturated rings. The normalized spacial score (nSPS) is 13.5. The van der Waals surface area contributed by atoms with Gasteiger partial charge in [0.05, 0.1) is 51.0 Å². The second-order valence-corrected chi connectivity index (χ2v) is 16.0. The summed E-state index contributed by atoms with van der Waals surface area (Å²) in [6.07, 6.45) is 6.44. The van der Waals surface area contributed by atoms with Gasteiger partial charge in [0.2, 0.25) is 5.91 Å². The van der Waals surface area contributed by atoms with Crippen LogP contribution in [0.1, 0.15) is 64.0 Å². The number of nitriles is 1. The summed E-state index contributed by atoms with van der Waals surface area (Å²) < 4.78 is 29.7. The molecule has 14 nitrogen and oxygen atoms in total. The molecule has 15 heteroatoms. The number of anilines is 1. The molecule has 0 atom stereocenters. The number of nitrogens with one attached hydrogen (secondary N) is 2. The lowest BCUT2D eigenvalue weighted by molar-refractivity contribution is -0.120. The molecule has 0 bridgehead atoms. The lowest BCUT2D eigenvalue weighted by Crippen LogP contribution is -2.34. The predicted molar refractivity (Wildman–Crippen MR) is 241 cm³/mol. The summed E-state index contributed by atoms with van der Waals surface area (Å²) in [7, 11) is 1.57. The first-order chi connectivity index (χ1) is 30.7. The molecule has 0 saturated heterocycles. The Morgan fingerprint density at radius 1 is 0.889 bits per heavy atom. The number of carbonyl (C=O) groups is 3. The van der Waals surface area contributed by atoms with Gasteiger partial charge >= 0.3 is 5.63 Å². The zero-order valence-electron chi connectivity index (χ0n) is 35.7. The van der Waals surface area contributed by atoms with Crippen molar-refractivity contribution >= 4 is 63.0 Å². The fraction of sp³-hybridized carbons (Fsp3) is 0.396. The van der Waals surface area contributed by atoms with Crippen molar-refractivity contribution in [3.8, 4) is 11.8 Å². The summed E-state index contributed by atoms with van der Waals surface area (Å²) in [6, 6.07) is 17.9. The summed E-state index contributed by atoms with van der Waals surface area (Å²) in [6.45, 7) is 6.91. The summed E-state index contributed by atoms with van der Waals surface area (Å²) in [5.41, 5.74) is 6.15. The Morgan fingerprint density at radius 2 is 1.57 bits per heavy atom. The standard InChI is InChI=1S/C48H52ClN5O9/c1-31-40(41-28-38(59-2)13-14-42(41)54(31)47(57)32-9-11-37(49)12-10-32)29-43(55)51-15-5-19-60-21-23-62-24-22-61-20-6-16-52-46(56)36(30-50)27-35-26-34-25-33-7-3-17-53-18-4-8-39(44(33)53)45(34)63-48(35)58/h9-14,25-28H,3-8,15-24,29H2,1-2H3,(H,51,55)(H,52,56)/b36-27+. The highest BCUT2D eigenvalue weighted by Crippen LogP contribution is 2.40. The molecule has 2 aromatic heterocycles. The van der Waals surface area contributed by atoms with Gasteiger partial charge in [-0.3, -0.25) is 19.0 Å². The van der Waals surface area contributed by atoms with Crippen molar-refractivity contribution in [3.63, 3.8) is 0 Å². The van der Waals surface area contributed by atoms with Crippen LogP contribution in [0.15, 0.2) is 69.4 Å². The van der Waals surface area contributed by atoms with Gasteiger partial charge < -0.3 is 38.9 Å². The Labute approximate surface area is 370 Å². The Kier molecular flexibility index (Phi) is 15.3. The Bertz CT molecular complexity index is 2610. The molecule has 2 aliphatic rings. The molecule has 7 rings (SSSR count). The number of aryl methyl sites for hydroxylation is 2. The number of aromatic nitrogens is 1. The summed E-state index contributed by atoms with van der Waals surface area (Å²) in [5.74, 6) is -0.324. The van der Waals surface area contributed by atoms with Gasteiger partial charge in [0.25, 0.3) is 11.8 Å². The number of rotatable bonds is 20. The number of halogens is 1. The van der Waals surface area contributed by atoms with Gasteiger partial charge in [-0.05, 0) is 117 Å². The molecule has 0 unspecified atom stereocenters. The molecule has 330 valence electrons. The van der Waals surface area contributed by atoms with Crippen LogP contribution < -0.4 is 25.9 Å². The number of nitrogens with zero attached hydrogens (tertiary/aromatic N) is 3. The van der Waals surface area contributed by atoms with Gasteiger partial charge in [0.15, 0.2) is 0 Å². The molecule has 5 aromatic rings. The maximum atomic E-state index is 13.5. The van der Waals surface area contributed by atoms with Crippen LogP contribution in [0.5, 0.6) is 5.75 Å². The first-order valence-corrected chi connectivity index (χ1v) is 21.8. The van der Waals surface area contributed by atoms with Crippen LogP contribution in [-0.4, -0.2) is 95.2 Å². The van der Waals surface area contributed by atoms with Gasteiger partial charge in [-0.1, -0.05) is 11.6 Å². The van der Waals surface area contributed by atoms with Gasteiger partial charge in [0, 0.05) is 77.7 Å². The highest BCUT2D eigenvalue weighted by Gasteiger charge is 2.27. The van der Waals surface area contributed by atoms with E-state index in [2.05, 4.69) is 21.6 Å². The predicted octanol–water partition coefficient (Wildman–Crippen LogP) is 6.32. The molecule has 2 N–H and O–H groups in total. The summed E-state index contributed by atoms with van der Waals surface area (Å²) in [5, 5.41) is 17.5. The third kappa shape index (κ3) is 10.8. The average molecular weight is 878 g/mol. The second kappa shape index (κ2) is 21.4. The molecule has 2 aliphatic heterocycles. The SMILES string of the molecule is COc1ccc2c(c1)c(CC(=O)NCCCOCCOCCOCCCNC(=O)/C(C#N)=C/c1cc3cc4c5c(c3oc1=O)CCCN5CCC4)c(C)n2C(=O)c1ccc(Cl)cc1. The molecule has 0 saturated carbocycles. The van der Waals surface area contributed by atoms with Crippen molar-refractivity contribution in [3.05, 3.63) is 109 Å². The molecule has 0 aliphatic carbocycles. The first-order valence-electron chi connectivity index (χ1n) is 21.4. The van der Waals surface area contributed by atoms with Gasteiger partial charge in [-0.2, -0.15) is 5.26 Å². The Hall–Kier alpha value is -5.98. The van der Waals surface area contributed by atoms with Crippen LogP contribution >= 0.6 is 11.6 Å². The maximum Gasteiger partial charge on any atom is 0.343 e. The minimum Gasteiger partial charge on any atom is -0.497 e. The highest BCUT2D eigenvalue weighted by atomic mass is 35.5. The minimum absolute atomic E-state index is 0.0935. The summed E-state index contributed by atoms with van der Waals surface area (Å²) >= 11 is 6.04. The summed E-state index contributed by atoms with van der Waals surface area (Å²) in [4.78, 5) is 54.7. The van der Waals surface area contributed by atoms with Gasteiger partial charge in [0.1, 0.15) is 23.0 Å². The van der Waals surface area contributed by atoms with Crippen LogP contribution in [0, 0.1) is 18.3 Å². The van der Waals surface area contributed by atoms with Crippen LogP contribution in [0.4, 0.5) is 5.69 Å². The van der Waals surface area contributed by atoms with Crippen molar-refractivity contribution in [2.45, 2.75) is 51.9 Å². The monoisotopic (exact) mass is 877 g/mol. The zero-order valence-corrected chi connectivity index (χ0v) is 36.4. The van der Waals surface area contributed by atoms with E-state index in [9.17, 15) is 24.4 Å². The van der Waals surface area contributed by atoms with Gasteiger partial charge in [-0.15, -0.1) is 0 Å². The smallest absolute Gasteiger partial charge is 0.343 e. The van der Waals surface area contributed by atoms with E-state index in [0.29, 0.717) is 92.2 Å². The van der Waals surface area contributed by atoms with E-state index >= 15 is 0 Å². The zero-order chi connectivity index (χ0) is 44.3. The fourth-order valence-electron chi connectivity index (χ4n) is 8.30. The minimum atomic E-state index is -0.575. The van der Waals surface area contributed by atoms with Crippen molar-refractivity contribution in [2.24, 2.45) is 0 Å². The number of ether oxygens (including phenoxy) is 4. The van der Waals surface area contributed by atoms with Crippen LogP contribution in [0.25, 0.3) is 27.9 Å². The topological polar surface area (TPSA) is 174 Å². The molecular formula is C48H52ClN5O9. The van der Waals surface area contributed by atoms with E-state index in [0.717, 1.165) is 60.7 Å². The number of methoxy groups -OCH3 is 1. The maximum absolute atomic E-state index is 13.5. The third-order valence-electron chi connectivity index (χ3n) is 11.4. The number of fused-ring (bicyclic) bond motifs is 3. The molecule has 63 heavy (non-hydrogen) atoms. The van der Waals surface area contributed by atoms with E-state index in [-0.39, 0.29) is 35.9 Å². The van der Waals surface area contributed by atoms with Crippen molar-refractivity contribution in [1.29, 1.82) is 5.26 Å². The Balaban J connectivity index is 0.751. The first kappa shape index (κ1) is 45.1. The number of amides is 2. The second-order valence-electron chi connectivity index (χ2n) is 15.6. The molecule has 0 radical (unpaired) electrons. The van der Waals surface area contributed by atoms with E-state index in [1.807, 2.05) is 25.1 Å². The van der Waals surface area contributed by atoms with E-state index in [4.69, 9.17) is 35.0 Å². The number of benzene rings is 3. The van der Waals surface area contributed by atoms with Crippen molar-refractivity contribution < 1.29 is 37.7 Å². The van der Waals surface area contributed by atoms with Crippen LogP contribution in [-0.2, 0) is 43.1 Å². The Morgan fingerprint density at radius 3 is 2.27 bits per heavy atom. The molecule has 3 aromatic carbocycles.